The number of carbonyl (C=O) groups is 1. The number of nitrogens with zero attached hydrogens (tertiary/aromatic N) is 4. The zero-order chi connectivity index (χ0) is 25.5. The molecule has 1 fully saturated rings. The third kappa shape index (κ3) is 5.85. The van der Waals surface area contributed by atoms with E-state index >= 15 is 0 Å². The first-order valence-corrected chi connectivity index (χ1v) is 12.7. The van der Waals surface area contributed by atoms with Crippen LogP contribution in [0.25, 0.3) is 10.9 Å². The van der Waals surface area contributed by atoms with Crippen LogP contribution in [0.5, 0.6) is 5.75 Å². The second-order valence-corrected chi connectivity index (χ2v) is 9.34. The highest BCUT2D eigenvalue weighted by Gasteiger charge is 2.21. The van der Waals surface area contributed by atoms with Crippen LogP contribution in [0.15, 0.2) is 54.5 Å². The Morgan fingerprint density at radius 3 is 2.86 bits per heavy atom. The van der Waals surface area contributed by atoms with Crippen LogP contribution in [-0.2, 0) is 17.9 Å². The number of pyridine rings is 2. The molecule has 2 aromatic heterocycles. The van der Waals surface area contributed by atoms with Gasteiger partial charge in [0.15, 0.2) is 0 Å². The fraction of sp³-hybridized carbons (Fsp3) is 0.357. The summed E-state index contributed by atoms with van der Waals surface area (Å²) in [5.74, 6) is 0.827. The maximum absolute atomic E-state index is 12.7. The van der Waals surface area contributed by atoms with Crippen LogP contribution in [0, 0.1) is 12.8 Å². The maximum atomic E-state index is 12.7. The van der Waals surface area contributed by atoms with Gasteiger partial charge in [-0.05, 0) is 44.4 Å². The maximum Gasteiger partial charge on any atom is 0.223 e. The number of benzene rings is 1. The zero-order valence-corrected chi connectivity index (χ0v) is 21.6. The molecule has 1 aliphatic carbocycles. The summed E-state index contributed by atoms with van der Waals surface area (Å²) in [5.41, 5.74) is 4.06. The Kier molecular flexibility index (Phi) is 8.54. The third-order valence-corrected chi connectivity index (χ3v) is 6.79. The van der Waals surface area contributed by atoms with E-state index in [1.807, 2.05) is 38.1 Å². The second kappa shape index (κ2) is 12.0. The molecular formula is C28H32ClN5O2. The summed E-state index contributed by atoms with van der Waals surface area (Å²) in [7, 11) is 0. The van der Waals surface area contributed by atoms with Crippen LogP contribution in [-0.4, -0.2) is 22.1 Å². The molecular weight excluding hydrogens is 474 g/mol. The van der Waals surface area contributed by atoms with Crippen molar-refractivity contribution >= 4 is 40.3 Å². The molecule has 0 radical (unpaired) electrons. The van der Waals surface area contributed by atoms with Crippen molar-refractivity contribution in [2.45, 2.75) is 59.1 Å². The van der Waals surface area contributed by atoms with Gasteiger partial charge in [0.2, 0.25) is 5.91 Å². The van der Waals surface area contributed by atoms with Crippen LogP contribution in [0.4, 0.5) is 5.69 Å². The average Bonchev–Trinajstić information content (AvgIpc) is 2.90. The van der Waals surface area contributed by atoms with Crippen molar-refractivity contribution in [2.24, 2.45) is 11.0 Å². The number of hydrazone groups is 1. The number of amides is 1. The van der Waals surface area contributed by atoms with Crippen LogP contribution >= 0.6 is 11.6 Å². The Balaban J connectivity index is 1.56. The monoisotopic (exact) mass is 505 g/mol. The fourth-order valence-corrected chi connectivity index (χ4v) is 4.86. The van der Waals surface area contributed by atoms with Crippen molar-refractivity contribution in [3.8, 4) is 5.75 Å². The highest BCUT2D eigenvalue weighted by atomic mass is 35.5. The summed E-state index contributed by atoms with van der Waals surface area (Å²) in [5, 5.41) is 10.6. The van der Waals surface area contributed by atoms with Crippen molar-refractivity contribution in [1.29, 1.82) is 0 Å². The van der Waals surface area contributed by atoms with Gasteiger partial charge in [0.1, 0.15) is 17.9 Å². The molecule has 8 heteroatoms. The minimum atomic E-state index is 0.0944. The van der Waals surface area contributed by atoms with Crippen molar-refractivity contribution in [3.05, 3.63) is 71.3 Å². The van der Waals surface area contributed by atoms with Gasteiger partial charge in [0.05, 0.1) is 10.7 Å². The number of hydrogen-bond donors (Lipinski definition) is 1. The number of ether oxygens (including phenoxy) is 1. The quantitative estimate of drug-likeness (QED) is 0.272. The molecule has 0 unspecified atom stereocenters. The molecule has 0 spiro atoms. The van der Waals surface area contributed by atoms with Gasteiger partial charge in [-0.25, -0.2) is 9.99 Å². The molecule has 0 saturated heterocycles. The largest absolute Gasteiger partial charge is 0.487 e. The summed E-state index contributed by atoms with van der Waals surface area (Å²) in [6, 6.07) is 7.76. The van der Waals surface area contributed by atoms with Gasteiger partial charge >= 0.3 is 0 Å². The highest BCUT2D eigenvalue weighted by Crippen LogP contribution is 2.33. The Bertz CT molecular complexity index is 1270. The SMILES string of the molecule is C=CN(/N=C\C)c1cc(C)nc2c(OCc3c(Cl)cncc3CNC(=O)C3CCCCC3)cccc12. The first-order valence-electron chi connectivity index (χ1n) is 12.3. The molecule has 2 heterocycles. The summed E-state index contributed by atoms with van der Waals surface area (Å²) in [6.45, 7) is 8.25. The molecule has 188 valence electrons. The molecule has 36 heavy (non-hydrogen) atoms. The lowest BCUT2D eigenvalue weighted by molar-refractivity contribution is -0.126. The van der Waals surface area contributed by atoms with E-state index in [9.17, 15) is 4.79 Å². The number of aromatic nitrogens is 2. The fourth-order valence-electron chi connectivity index (χ4n) is 4.62. The Morgan fingerprint density at radius 1 is 1.31 bits per heavy atom. The van der Waals surface area contributed by atoms with Crippen LogP contribution in [0.2, 0.25) is 5.02 Å². The van der Waals surface area contributed by atoms with E-state index < -0.39 is 0 Å². The molecule has 1 N–H and O–H groups in total. The normalized spacial score (nSPS) is 14.2. The number of rotatable bonds is 9. The van der Waals surface area contributed by atoms with E-state index in [0.29, 0.717) is 17.3 Å². The number of anilines is 1. The Hall–Kier alpha value is -3.45. The standard InChI is InChI=1S/C28H32ClN5O2/c1-4-32-34(5-2)25-14-19(3)33-27-22(25)12-9-13-26(27)36-18-23-21(15-30-17-24(23)29)16-31-28(35)20-10-7-6-8-11-20/h4-5,9,12-15,17,20H,2,6-8,10-11,16,18H2,1,3H3,(H,31,35)/b32-4-. The third-order valence-electron chi connectivity index (χ3n) is 6.46. The number of carbonyl (C=O) groups excluding carboxylic acids is 1. The predicted octanol–water partition coefficient (Wildman–Crippen LogP) is 6.32. The molecule has 0 aliphatic heterocycles. The van der Waals surface area contributed by atoms with Crippen molar-refractivity contribution in [1.82, 2.24) is 15.3 Å². The van der Waals surface area contributed by atoms with Crippen molar-refractivity contribution in [2.75, 3.05) is 5.01 Å². The lowest BCUT2D eigenvalue weighted by Gasteiger charge is -2.21. The molecule has 0 bridgehead atoms. The molecule has 4 rings (SSSR count). The number of halogens is 1. The van der Waals surface area contributed by atoms with Gasteiger partial charge in [0.25, 0.3) is 0 Å². The topological polar surface area (TPSA) is 79.7 Å². The Morgan fingerprint density at radius 2 is 2.11 bits per heavy atom. The summed E-state index contributed by atoms with van der Waals surface area (Å²) < 4.78 is 6.26. The Labute approximate surface area is 217 Å². The van der Waals surface area contributed by atoms with Gasteiger partial charge in [-0.2, -0.15) is 5.10 Å². The lowest BCUT2D eigenvalue weighted by atomic mass is 9.88. The van der Waals surface area contributed by atoms with Gasteiger partial charge < -0.3 is 10.1 Å². The minimum absolute atomic E-state index is 0.0944. The molecule has 3 aromatic rings. The molecule has 1 aliphatic rings. The molecule has 1 aromatic carbocycles. The van der Waals surface area contributed by atoms with Crippen LogP contribution in [0.3, 0.4) is 0 Å². The molecule has 0 atom stereocenters. The number of para-hydroxylation sites is 1. The first kappa shape index (κ1) is 25.6. The summed E-state index contributed by atoms with van der Waals surface area (Å²) in [6.07, 6.45) is 12.1. The van der Waals surface area contributed by atoms with Crippen molar-refractivity contribution in [3.63, 3.8) is 0 Å². The van der Waals surface area contributed by atoms with Gasteiger partial charge in [0, 0.05) is 53.9 Å². The van der Waals surface area contributed by atoms with E-state index in [1.54, 1.807) is 29.8 Å². The average molecular weight is 506 g/mol. The lowest BCUT2D eigenvalue weighted by Crippen LogP contribution is -2.31. The van der Waals surface area contributed by atoms with Crippen LogP contribution in [0.1, 0.15) is 55.8 Å². The number of aryl methyl sites for hydroxylation is 1. The van der Waals surface area contributed by atoms with E-state index in [2.05, 4.69) is 22.0 Å². The second-order valence-electron chi connectivity index (χ2n) is 8.94. The molecule has 1 amide bonds. The molecule has 7 nitrogen and oxygen atoms in total. The van der Waals surface area contributed by atoms with Crippen LogP contribution < -0.4 is 15.1 Å². The van der Waals surface area contributed by atoms with E-state index in [0.717, 1.165) is 59.1 Å². The van der Waals surface area contributed by atoms with E-state index in [-0.39, 0.29) is 18.4 Å². The van der Waals surface area contributed by atoms with E-state index in [1.165, 1.54) is 6.42 Å². The molecule has 1 saturated carbocycles. The van der Waals surface area contributed by atoms with E-state index in [4.69, 9.17) is 21.3 Å². The number of hydrogen-bond acceptors (Lipinski definition) is 6. The smallest absolute Gasteiger partial charge is 0.223 e. The van der Waals surface area contributed by atoms with Gasteiger partial charge in [-0.3, -0.25) is 9.78 Å². The first-order chi connectivity index (χ1) is 17.5. The minimum Gasteiger partial charge on any atom is -0.487 e. The zero-order valence-electron chi connectivity index (χ0n) is 20.8. The summed E-state index contributed by atoms with van der Waals surface area (Å²) in [4.78, 5) is 21.6. The highest BCUT2D eigenvalue weighted by molar-refractivity contribution is 6.31. The predicted molar refractivity (Wildman–Crippen MR) is 145 cm³/mol. The van der Waals surface area contributed by atoms with Crippen molar-refractivity contribution < 1.29 is 9.53 Å². The number of fused-ring (bicyclic) bond motifs is 1. The summed E-state index contributed by atoms with van der Waals surface area (Å²) >= 11 is 6.52. The van der Waals surface area contributed by atoms with Gasteiger partial charge in [-0.1, -0.05) is 49.6 Å². The van der Waals surface area contributed by atoms with Gasteiger partial charge in [-0.15, -0.1) is 0 Å². The number of nitrogens with one attached hydrogen (secondary N) is 1.